The molecule has 0 unspecified atom stereocenters. The maximum atomic E-state index is 10.9. The number of esters is 1. The SMILES string of the molecule is COC(COC(=O)C(C)C)OC. The van der Waals surface area contributed by atoms with E-state index in [1.807, 2.05) is 0 Å². The van der Waals surface area contributed by atoms with Gasteiger partial charge < -0.3 is 14.2 Å². The zero-order valence-electron chi connectivity index (χ0n) is 7.99. The van der Waals surface area contributed by atoms with Crippen molar-refractivity contribution in [1.82, 2.24) is 0 Å². The lowest BCUT2D eigenvalue weighted by Gasteiger charge is -2.14. The molecule has 72 valence electrons. The van der Waals surface area contributed by atoms with Gasteiger partial charge in [-0.05, 0) is 0 Å². The average Bonchev–Trinajstić information content (AvgIpc) is 2.05. The van der Waals surface area contributed by atoms with Crippen LogP contribution in [0.3, 0.4) is 0 Å². The lowest BCUT2D eigenvalue weighted by Crippen LogP contribution is -2.24. The summed E-state index contributed by atoms with van der Waals surface area (Å²) < 4.78 is 14.5. The van der Waals surface area contributed by atoms with Crippen molar-refractivity contribution in [2.45, 2.75) is 20.1 Å². The summed E-state index contributed by atoms with van der Waals surface area (Å²) in [7, 11) is 2.99. The summed E-state index contributed by atoms with van der Waals surface area (Å²) in [6.07, 6.45) is -0.465. The number of carbonyl (C=O) groups excluding carboxylic acids is 1. The van der Waals surface area contributed by atoms with Gasteiger partial charge in [0.2, 0.25) is 0 Å². The van der Waals surface area contributed by atoms with E-state index in [2.05, 4.69) is 0 Å². The molecule has 0 aromatic carbocycles. The van der Waals surface area contributed by atoms with E-state index in [-0.39, 0.29) is 18.5 Å². The molecule has 0 aromatic heterocycles. The lowest BCUT2D eigenvalue weighted by molar-refractivity contribution is -0.169. The third kappa shape index (κ3) is 4.31. The van der Waals surface area contributed by atoms with E-state index in [1.165, 1.54) is 14.2 Å². The van der Waals surface area contributed by atoms with Gasteiger partial charge in [0.15, 0.2) is 6.29 Å². The van der Waals surface area contributed by atoms with Crippen molar-refractivity contribution in [2.75, 3.05) is 20.8 Å². The number of hydrogen-bond donors (Lipinski definition) is 0. The Balaban J connectivity index is 3.59. The first-order valence-electron chi connectivity index (χ1n) is 3.84. The second-order valence-electron chi connectivity index (χ2n) is 2.69. The van der Waals surface area contributed by atoms with Crippen LogP contribution in [0.4, 0.5) is 0 Å². The van der Waals surface area contributed by atoms with Crippen molar-refractivity contribution < 1.29 is 19.0 Å². The Bertz CT molecular complexity index is 129. The molecule has 0 amide bonds. The quantitative estimate of drug-likeness (QED) is 0.459. The van der Waals surface area contributed by atoms with Gasteiger partial charge in [-0.3, -0.25) is 4.79 Å². The Morgan fingerprint density at radius 2 is 1.75 bits per heavy atom. The largest absolute Gasteiger partial charge is 0.460 e. The normalized spacial score (nSPS) is 10.8. The fourth-order valence-electron chi connectivity index (χ4n) is 0.549. The third-order valence-corrected chi connectivity index (χ3v) is 1.36. The maximum Gasteiger partial charge on any atom is 0.308 e. The van der Waals surface area contributed by atoms with Crippen LogP contribution >= 0.6 is 0 Å². The summed E-state index contributed by atoms with van der Waals surface area (Å²) in [6.45, 7) is 3.69. The summed E-state index contributed by atoms with van der Waals surface area (Å²) in [6, 6.07) is 0. The van der Waals surface area contributed by atoms with Crippen LogP contribution in [-0.4, -0.2) is 33.1 Å². The van der Waals surface area contributed by atoms with Gasteiger partial charge in [0.05, 0.1) is 5.92 Å². The maximum absolute atomic E-state index is 10.9. The number of ether oxygens (including phenoxy) is 3. The van der Waals surface area contributed by atoms with Crippen LogP contribution in [0, 0.1) is 5.92 Å². The molecule has 4 heteroatoms. The molecule has 0 aliphatic rings. The minimum Gasteiger partial charge on any atom is -0.460 e. The highest BCUT2D eigenvalue weighted by Crippen LogP contribution is 1.98. The minimum atomic E-state index is -0.465. The fraction of sp³-hybridized carbons (Fsp3) is 0.875. The topological polar surface area (TPSA) is 44.8 Å². The van der Waals surface area contributed by atoms with E-state index in [9.17, 15) is 4.79 Å². The van der Waals surface area contributed by atoms with Gasteiger partial charge >= 0.3 is 5.97 Å². The second kappa shape index (κ2) is 5.97. The van der Waals surface area contributed by atoms with Crippen molar-refractivity contribution in [3.63, 3.8) is 0 Å². The summed E-state index contributed by atoms with van der Waals surface area (Å²) in [5.41, 5.74) is 0. The molecule has 0 N–H and O–H groups in total. The molecule has 0 atom stereocenters. The first kappa shape index (κ1) is 11.4. The van der Waals surface area contributed by atoms with Crippen LogP contribution < -0.4 is 0 Å². The molecule has 0 saturated carbocycles. The van der Waals surface area contributed by atoms with Crippen LogP contribution in [0.1, 0.15) is 13.8 Å². The number of hydrogen-bond acceptors (Lipinski definition) is 4. The van der Waals surface area contributed by atoms with E-state index in [0.717, 1.165) is 0 Å². The molecule has 0 bridgehead atoms. The predicted molar refractivity (Wildman–Crippen MR) is 43.6 cm³/mol. The van der Waals surface area contributed by atoms with E-state index in [4.69, 9.17) is 14.2 Å². The van der Waals surface area contributed by atoms with E-state index < -0.39 is 6.29 Å². The van der Waals surface area contributed by atoms with E-state index in [1.54, 1.807) is 13.8 Å². The van der Waals surface area contributed by atoms with Gasteiger partial charge in [-0.25, -0.2) is 0 Å². The molecule has 0 radical (unpaired) electrons. The van der Waals surface area contributed by atoms with Gasteiger partial charge in [0.1, 0.15) is 6.61 Å². The zero-order valence-corrected chi connectivity index (χ0v) is 7.99. The Morgan fingerprint density at radius 3 is 2.08 bits per heavy atom. The van der Waals surface area contributed by atoms with Crippen LogP contribution in [0.5, 0.6) is 0 Å². The monoisotopic (exact) mass is 176 g/mol. The predicted octanol–water partition coefficient (Wildman–Crippen LogP) is 0.804. The zero-order chi connectivity index (χ0) is 9.56. The molecule has 0 spiro atoms. The van der Waals surface area contributed by atoms with Gasteiger partial charge in [-0.15, -0.1) is 0 Å². The highest BCUT2D eigenvalue weighted by atomic mass is 16.7. The van der Waals surface area contributed by atoms with Crippen molar-refractivity contribution in [3.05, 3.63) is 0 Å². The lowest BCUT2D eigenvalue weighted by atomic mass is 10.2. The number of carbonyl (C=O) groups is 1. The van der Waals surface area contributed by atoms with Crippen LogP contribution in [-0.2, 0) is 19.0 Å². The third-order valence-electron chi connectivity index (χ3n) is 1.36. The highest BCUT2D eigenvalue weighted by molar-refractivity contribution is 5.71. The van der Waals surface area contributed by atoms with Crippen LogP contribution in [0.25, 0.3) is 0 Å². The molecule has 0 fully saturated rings. The summed E-state index contributed by atoms with van der Waals surface area (Å²) in [5, 5.41) is 0. The first-order valence-corrected chi connectivity index (χ1v) is 3.84. The molecule has 0 aliphatic carbocycles. The molecule has 12 heavy (non-hydrogen) atoms. The van der Waals surface area contributed by atoms with Gasteiger partial charge in [0, 0.05) is 14.2 Å². The summed E-state index contributed by atoms with van der Waals surface area (Å²) in [5.74, 6) is -0.353. The van der Waals surface area contributed by atoms with E-state index >= 15 is 0 Å². The molecule has 0 aromatic rings. The first-order chi connectivity index (χ1) is 5.61. The van der Waals surface area contributed by atoms with Crippen molar-refractivity contribution in [3.8, 4) is 0 Å². The molecule has 0 saturated heterocycles. The Kier molecular flexibility index (Phi) is 5.66. The Labute approximate surface area is 72.8 Å². The second-order valence-corrected chi connectivity index (χ2v) is 2.69. The molecule has 0 heterocycles. The van der Waals surface area contributed by atoms with Crippen molar-refractivity contribution in [1.29, 1.82) is 0 Å². The Hall–Kier alpha value is -0.610. The van der Waals surface area contributed by atoms with Gasteiger partial charge in [-0.1, -0.05) is 13.8 Å². The molecule has 4 nitrogen and oxygen atoms in total. The fourth-order valence-corrected chi connectivity index (χ4v) is 0.549. The standard InChI is InChI=1S/C8H16O4/c1-6(2)8(9)12-5-7(10-3)11-4/h6-7H,5H2,1-4H3. The highest BCUT2D eigenvalue weighted by Gasteiger charge is 2.12. The molecule has 0 rings (SSSR count). The van der Waals surface area contributed by atoms with Crippen LogP contribution in [0.15, 0.2) is 0 Å². The molecular weight excluding hydrogens is 160 g/mol. The van der Waals surface area contributed by atoms with Crippen molar-refractivity contribution in [2.24, 2.45) is 5.92 Å². The number of methoxy groups -OCH3 is 2. The van der Waals surface area contributed by atoms with Crippen molar-refractivity contribution >= 4 is 5.97 Å². The summed E-state index contributed by atoms with van der Waals surface area (Å²) >= 11 is 0. The summed E-state index contributed by atoms with van der Waals surface area (Å²) in [4.78, 5) is 10.9. The van der Waals surface area contributed by atoms with E-state index in [0.29, 0.717) is 0 Å². The van der Waals surface area contributed by atoms with Crippen LogP contribution in [0.2, 0.25) is 0 Å². The van der Waals surface area contributed by atoms with Gasteiger partial charge in [0.25, 0.3) is 0 Å². The smallest absolute Gasteiger partial charge is 0.308 e. The van der Waals surface area contributed by atoms with Gasteiger partial charge in [-0.2, -0.15) is 0 Å². The molecular formula is C8H16O4. The minimum absolute atomic E-state index is 0.112. The molecule has 0 aliphatic heterocycles. The Morgan fingerprint density at radius 1 is 1.25 bits per heavy atom. The number of rotatable bonds is 5. The average molecular weight is 176 g/mol.